The first-order chi connectivity index (χ1) is 9.90. The highest BCUT2D eigenvalue weighted by Gasteiger charge is 2.49. The maximum atomic E-state index is 9.81. The van der Waals surface area contributed by atoms with Gasteiger partial charge in [0.2, 0.25) is 0 Å². The lowest BCUT2D eigenvalue weighted by molar-refractivity contribution is -0.324. The first kappa shape index (κ1) is 17.0. The standard InChI is InChI=1S/C11H20O10/c12-1-3-5(14)7(16)8(17)11(20-3)21-9-6(15)4(2-13)19-10(9)18/h3-18H,1-2H2. The van der Waals surface area contributed by atoms with Crippen molar-refractivity contribution < 1.29 is 50.0 Å². The maximum Gasteiger partial charge on any atom is 0.187 e. The Kier molecular flexibility index (Phi) is 5.48. The van der Waals surface area contributed by atoms with Gasteiger partial charge in [-0.3, -0.25) is 0 Å². The molecule has 124 valence electrons. The van der Waals surface area contributed by atoms with E-state index in [-0.39, 0.29) is 0 Å². The summed E-state index contributed by atoms with van der Waals surface area (Å²) in [6.45, 7) is -1.18. The Morgan fingerprint density at radius 3 is 1.81 bits per heavy atom. The zero-order valence-electron chi connectivity index (χ0n) is 11.0. The van der Waals surface area contributed by atoms with Crippen molar-refractivity contribution in [3.8, 4) is 0 Å². The summed E-state index contributed by atoms with van der Waals surface area (Å²) in [5.74, 6) is 0. The van der Waals surface area contributed by atoms with Gasteiger partial charge in [0.05, 0.1) is 13.2 Å². The third-order valence-corrected chi connectivity index (χ3v) is 3.63. The van der Waals surface area contributed by atoms with Gasteiger partial charge in [0.15, 0.2) is 12.6 Å². The molecule has 0 amide bonds. The van der Waals surface area contributed by atoms with E-state index >= 15 is 0 Å². The number of hydrogen-bond donors (Lipinski definition) is 7. The summed E-state index contributed by atoms with van der Waals surface area (Å²) < 4.78 is 15.1. The first-order valence-corrected chi connectivity index (χ1v) is 6.49. The summed E-state index contributed by atoms with van der Waals surface area (Å²) >= 11 is 0. The van der Waals surface area contributed by atoms with E-state index in [1.807, 2.05) is 0 Å². The van der Waals surface area contributed by atoms with Crippen molar-refractivity contribution in [2.24, 2.45) is 0 Å². The van der Waals surface area contributed by atoms with Crippen LogP contribution in [-0.4, -0.2) is 104 Å². The van der Waals surface area contributed by atoms with Crippen LogP contribution >= 0.6 is 0 Å². The molecule has 10 nitrogen and oxygen atoms in total. The van der Waals surface area contributed by atoms with E-state index in [4.69, 9.17) is 24.4 Å². The van der Waals surface area contributed by atoms with E-state index in [0.717, 1.165) is 0 Å². The Hall–Kier alpha value is -0.400. The minimum Gasteiger partial charge on any atom is -0.394 e. The van der Waals surface area contributed by atoms with Gasteiger partial charge in [0.25, 0.3) is 0 Å². The van der Waals surface area contributed by atoms with Crippen LogP contribution in [0.4, 0.5) is 0 Å². The molecule has 2 rings (SSSR count). The molecule has 0 aliphatic carbocycles. The topological polar surface area (TPSA) is 169 Å². The van der Waals surface area contributed by atoms with Gasteiger partial charge in [0.1, 0.15) is 42.7 Å². The molecular formula is C11H20O10. The highest BCUT2D eigenvalue weighted by atomic mass is 16.7. The number of aliphatic hydroxyl groups is 7. The second kappa shape index (κ2) is 6.79. The average Bonchev–Trinajstić information content (AvgIpc) is 2.74. The Morgan fingerprint density at radius 1 is 0.714 bits per heavy atom. The summed E-state index contributed by atoms with van der Waals surface area (Å²) in [6.07, 6.45) is -12.8. The van der Waals surface area contributed by atoms with Crippen molar-refractivity contribution in [2.75, 3.05) is 13.2 Å². The minimum atomic E-state index is -1.66. The minimum absolute atomic E-state index is 0.549. The Labute approximate surface area is 119 Å². The lowest BCUT2D eigenvalue weighted by Crippen LogP contribution is -2.60. The van der Waals surface area contributed by atoms with Crippen LogP contribution in [0.2, 0.25) is 0 Å². The molecule has 0 bridgehead atoms. The lowest BCUT2D eigenvalue weighted by atomic mass is 9.99. The van der Waals surface area contributed by atoms with Gasteiger partial charge in [-0.1, -0.05) is 0 Å². The van der Waals surface area contributed by atoms with Crippen LogP contribution in [0.3, 0.4) is 0 Å². The second-order valence-corrected chi connectivity index (χ2v) is 5.04. The zero-order chi connectivity index (χ0) is 15.7. The van der Waals surface area contributed by atoms with Crippen LogP contribution in [0.1, 0.15) is 0 Å². The predicted molar refractivity (Wildman–Crippen MR) is 62.6 cm³/mol. The third-order valence-electron chi connectivity index (χ3n) is 3.63. The van der Waals surface area contributed by atoms with Gasteiger partial charge in [-0.25, -0.2) is 0 Å². The molecular weight excluding hydrogens is 292 g/mol. The molecule has 2 heterocycles. The summed E-state index contributed by atoms with van der Waals surface area (Å²) in [4.78, 5) is 0. The molecule has 2 aliphatic heterocycles. The molecule has 0 aromatic rings. The molecule has 0 saturated carbocycles. The Bertz CT molecular complexity index is 339. The molecule has 0 spiro atoms. The summed E-state index contributed by atoms with van der Waals surface area (Å²) in [6, 6.07) is 0. The maximum absolute atomic E-state index is 9.81. The second-order valence-electron chi connectivity index (χ2n) is 5.04. The monoisotopic (exact) mass is 312 g/mol. The van der Waals surface area contributed by atoms with Gasteiger partial charge in [-0.05, 0) is 0 Å². The van der Waals surface area contributed by atoms with Crippen molar-refractivity contribution in [1.82, 2.24) is 0 Å². The highest BCUT2D eigenvalue weighted by Crippen LogP contribution is 2.28. The van der Waals surface area contributed by atoms with Crippen molar-refractivity contribution >= 4 is 0 Å². The Morgan fingerprint density at radius 2 is 1.29 bits per heavy atom. The molecule has 0 aromatic heterocycles. The fraction of sp³-hybridized carbons (Fsp3) is 1.00. The third kappa shape index (κ3) is 3.19. The molecule has 2 fully saturated rings. The number of hydrogen-bond acceptors (Lipinski definition) is 10. The van der Waals surface area contributed by atoms with E-state index in [2.05, 4.69) is 0 Å². The predicted octanol–water partition coefficient (Wildman–Crippen LogP) is -4.76. The normalized spacial score (nSPS) is 51.3. The number of rotatable bonds is 4. The first-order valence-electron chi connectivity index (χ1n) is 6.49. The van der Waals surface area contributed by atoms with E-state index < -0.39 is 68.5 Å². The summed E-state index contributed by atoms with van der Waals surface area (Å²) in [5, 5.41) is 66.4. The highest BCUT2D eigenvalue weighted by molar-refractivity contribution is 4.92. The van der Waals surface area contributed by atoms with Crippen molar-refractivity contribution in [3.63, 3.8) is 0 Å². The average molecular weight is 312 g/mol. The zero-order valence-corrected chi connectivity index (χ0v) is 11.0. The van der Waals surface area contributed by atoms with Gasteiger partial charge in [-0.15, -0.1) is 0 Å². The molecule has 2 saturated heterocycles. The number of aliphatic hydroxyl groups excluding tert-OH is 7. The van der Waals surface area contributed by atoms with Crippen LogP contribution in [0.25, 0.3) is 0 Å². The molecule has 9 unspecified atom stereocenters. The van der Waals surface area contributed by atoms with E-state index in [1.54, 1.807) is 0 Å². The van der Waals surface area contributed by atoms with Gasteiger partial charge >= 0.3 is 0 Å². The van der Waals surface area contributed by atoms with Gasteiger partial charge in [0, 0.05) is 0 Å². The molecule has 7 N–H and O–H groups in total. The van der Waals surface area contributed by atoms with Crippen LogP contribution in [-0.2, 0) is 14.2 Å². The van der Waals surface area contributed by atoms with Crippen LogP contribution in [0.15, 0.2) is 0 Å². The van der Waals surface area contributed by atoms with E-state index in [0.29, 0.717) is 0 Å². The molecule has 0 aromatic carbocycles. The molecule has 21 heavy (non-hydrogen) atoms. The summed E-state index contributed by atoms with van der Waals surface area (Å²) in [7, 11) is 0. The van der Waals surface area contributed by atoms with Gasteiger partial charge < -0.3 is 50.0 Å². The van der Waals surface area contributed by atoms with Crippen LogP contribution < -0.4 is 0 Å². The van der Waals surface area contributed by atoms with Crippen LogP contribution in [0, 0.1) is 0 Å². The summed E-state index contributed by atoms with van der Waals surface area (Å²) in [5.41, 5.74) is 0. The van der Waals surface area contributed by atoms with E-state index in [1.165, 1.54) is 0 Å². The molecule has 10 heteroatoms. The molecule has 2 aliphatic rings. The lowest BCUT2D eigenvalue weighted by Gasteiger charge is -2.40. The fourth-order valence-electron chi connectivity index (χ4n) is 2.35. The van der Waals surface area contributed by atoms with Crippen molar-refractivity contribution in [1.29, 1.82) is 0 Å². The largest absolute Gasteiger partial charge is 0.394 e. The smallest absolute Gasteiger partial charge is 0.187 e. The quantitative estimate of drug-likeness (QED) is 0.267. The van der Waals surface area contributed by atoms with Crippen LogP contribution in [0.5, 0.6) is 0 Å². The fourth-order valence-corrected chi connectivity index (χ4v) is 2.35. The number of ether oxygens (including phenoxy) is 3. The molecule has 9 atom stereocenters. The molecule has 0 radical (unpaired) electrons. The van der Waals surface area contributed by atoms with Crippen molar-refractivity contribution in [2.45, 2.75) is 55.3 Å². The van der Waals surface area contributed by atoms with Crippen molar-refractivity contribution in [3.05, 3.63) is 0 Å². The SMILES string of the molecule is OCC1OC(OC2C(O)OC(CO)C2O)C(O)C(O)C1O. The Balaban J connectivity index is 2.04. The van der Waals surface area contributed by atoms with E-state index in [9.17, 15) is 25.5 Å². The van der Waals surface area contributed by atoms with Gasteiger partial charge in [-0.2, -0.15) is 0 Å².